The highest BCUT2D eigenvalue weighted by molar-refractivity contribution is 5.79. The van der Waals surface area contributed by atoms with Gasteiger partial charge >= 0.3 is 0 Å². The van der Waals surface area contributed by atoms with Crippen molar-refractivity contribution in [3.8, 4) is 0 Å². The highest BCUT2D eigenvalue weighted by Gasteiger charge is 2.41. The van der Waals surface area contributed by atoms with Crippen molar-refractivity contribution < 1.29 is 14.6 Å². The lowest BCUT2D eigenvalue weighted by atomic mass is 9.88. The molecule has 17 heavy (non-hydrogen) atoms. The second-order valence-corrected chi connectivity index (χ2v) is 5.29. The zero-order valence-electron chi connectivity index (χ0n) is 11.3. The highest BCUT2D eigenvalue weighted by atomic mass is 16.5. The molecule has 4 heteroatoms. The number of hydrogen-bond acceptors (Lipinski definition) is 3. The number of aliphatic hydroxyl groups excluding tert-OH is 1. The molecule has 100 valence electrons. The van der Waals surface area contributed by atoms with Gasteiger partial charge in [-0.2, -0.15) is 0 Å². The largest absolute Gasteiger partial charge is 0.396 e. The van der Waals surface area contributed by atoms with Gasteiger partial charge in [-0.05, 0) is 32.1 Å². The van der Waals surface area contributed by atoms with Gasteiger partial charge in [0.2, 0.25) is 5.91 Å². The quantitative estimate of drug-likeness (QED) is 0.762. The van der Waals surface area contributed by atoms with Gasteiger partial charge in [-0.3, -0.25) is 4.79 Å². The van der Waals surface area contributed by atoms with Gasteiger partial charge in [0.15, 0.2) is 0 Å². The highest BCUT2D eigenvalue weighted by Crippen LogP contribution is 2.32. The van der Waals surface area contributed by atoms with Crippen LogP contribution in [0.15, 0.2) is 0 Å². The summed E-state index contributed by atoms with van der Waals surface area (Å²) in [4.78, 5) is 12.1. The Hall–Kier alpha value is -0.610. The van der Waals surface area contributed by atoms with Crippen molar-refractivity contribution in [2.45, 2.75) is 46.3 Å². The molecule has 1 aliphatic heterocycles. The van der Waals surface area contributed by atoms with Crippen molar-refractivity contribution in [3.63, 3.8) is 0 Å². The molecule has 5 unspecified atom stereocenters. The molecular weight excluding hydrogens is 218 g/mol. The van der Waals surface area contributed by atoms with Gasteiger partial charge in [-0.25, -0.2) is 0 Å². The molecule has 0 bridgehead atoms. The van der Waals surface area contributed by atoms with Crippen molar-refractivity contribution in [3.05, 3.63) is 0 Å². The first-order valence-electron chi connectivity index (χ1n) is 6.51. The van der Waals surface area contributed by atoms with E-state index in [1.165, 1.54) is 0 Å². The van der Waals surface area contributed by atoms with Crippen LogP contribution in [0.3, 0.4) is 0 Å². The summed E-state index contributed by atoms with van der Waals surface area (Å²) in [6, 6.07) is 0. The van der Waals surface area contributed by atoms with Crippen molar-refractivity contribution in [1.29, 1.82) is 0 Å². The van der Waals surface area contributed by atoms with Crippen LogP contribution in [-0.2, 0) is 9.53 Å². The summed E-state index contributed by atoms with van der Waals surface area (Å²) in [5, 5.41) is 11.8. The molecule has 2 N–H and O–H groups in total. The standard InChI is InChI=1S/C13H25NO3/c1-8(5-6-15)7-14-13(16)12-9(2)10(3)17-11(12)4/h8-12,15H,5-7H2,1-4H3,(H,14,16). The van der Waals surface area contributed by atoms with Crippen LogP contribution < -0.4 is 5.32 Å². The zero-order chi connectivity index (χ0) is 13.0. The molecule has 5 atom stereocenters. The van der Waals surface area contributed by atoms with E-state index in [1.807, 2.05) is 20.8 Å². The van der Waals surface area contributed by atoms with Crippen molar-refractivity contribution >= 4 is 5.91 Å². The number of rotatable bonds is 5. The predicted molar refractivity (Wildman–Crippen MR) is 66.5 cm³/mol. The lowest BCUT2D eigenvalue weighted by molar-refractivity contribution is -0.127. The van der Waals surface area contributed by atoms with Crippen LogP contribution in [-0.4, -0.2) is 36.4 Å². The van der Waals surface area contributed by atoms with E-state index in [0.29, 0.717) is 12.5 Å². The van der Waals surface area contributed by atoms with Crippen LogP contribution in [0.1, 0.15) is 34.1 Å². The molecule has 1 heterocycles. The number of hydrogen-bond donors (Lipinski definition) is 2. The van der Waals surface area contributed by atoms with Crippen molar-refractivity contribution in [1.82, 2.24) is 5.32 Å². The second kappa shape index (κ2) is 6.36. The molecule has 0 aromatic carbocycles. The maximum absolute atomic E-state index is 12.1. The minimum atomic E-state index is -0.0497. The minimum Gasteiger partial charge on any atom is -0.396 e. The third-order valence-electron chi connectivity index (χ3n) is 3.79. The Morgan fingerprint density at radius 2 is 2.00 bits per heavy atom. The van der Waals surface area contributed by atoms with Gasteiger partial charge in [-0.1, -0.05) is 13.8 Å². The predicted octanol–water partition coefficient (Wildman–Crippen LogP) is 1.18. The molecule has 0 saturated carbocycles. The SMILES string of the molecule is CC(CCO)CNC(=O)C1C(C)OC(C)C1C. The number of ether oxygens (including phenoxy) is 1. The van der Waals surface area contributed by atoms with Crippen molar-refractivity contribution in [2.75, 3.05) is 13.2 Å². The monoisotopic (exact) mass is 243 g/mol. The summed E-state index contributed by atoms with van der Waals surface area (Å²) in [6.07, 6.45) is 0.868. The van der Waals surface area contributed by atoms with Crippen LogP contribution in [0.25, 0.3) is 0 Å². The average molecular weight is 243 g/mol. The maximum Gasteiger partial charge on any atom is 0.226 e. The molecule has 0 aromatic heterocycles. The van der Waals surface area contributed by atoms with E-state index in [0.717, 1.165) is 6.42 Å². The zero-order valence-corrected chi connectivity index (χ0v) is 11.3. The first kappa shape index (κ1) is 14.5. The fraction of sp³-hybridized carbons (Fsp3) is 0.923. The smallest absolute Gasteiger partial charge is 0.226 e. The lowest BCUT2D eigenvalue weighted by Gasteiger charge is -2.19. The van der Waals surface area contributed by atoms with Gasteiger partial charge in [0, 0.05) is 13.2 Å². The third kappa shape index (κ3) is 3.68. The van der Waals surface area contributed by atoms with E-state index in [2.05, 4.69) is 12.2 Å². The molecule has 1 aliphatic rings. The number of nitrogens with one attached hydrogen (secondary N) is 1. The topological polar surface area (TPSA) is 58.6 Å². The summed E-state index contributed by atoms with van der Waals surface area (Å²) in [5.74, 6) is 0.609. The molecule has 0 radical (unpaired) electrons. The van der Waals surface area contributed by atoms with Gasteiger partial charge in [-0.15, -0.1) is 0 Å². The van der Waals surface area contributed by atoms with Gasteiger partial charge in [0.05, 0.1) is 18.1 Å². The Morgan fingerprint density at radius 1 is 1.35 bits per heavy atom. The van der Waals surface area contributed by atoms with Crippen LogP contribution in [0.4, 0.5) is 0 Å². The summed E-state index contributed by atoms with van der Waals surface area (Å²) >= 11 is 0. The Kier molecular flexibility index (Phi) is 5.40. The summed E-state index contributed by atoms with van der Waals surface area (Å²) in [6.45, 7) is 8.87. The molecular formula is C13H25NO3. The molecule has 1 fully saturated rings. The van der Waals surface area contributed by atoms with Crippen LogP contribution in [0.5, 0.6) is 0 Å². The third-order valence-corrected chi connectivity index (χ3v) is 3.79. The number of aliphatic hydroxyl groups is 1. The second-order valence-electron chi connectivity index (χ2n) is 5.29. The van der Waals surface area contributed by atoms with Crippen LogP contribution >= 0.6 is 0 Å². The molecule has 1 saturated heterocycles. The summed E-state index contributed by atoms with van der Waals surface area (Å²) in [5.41, 5.74) is 0. The van der Waals surface area contributed by atoms with E-state index in [1.54, 1.807) is 0 Å². The fourth-order valence-electron chi connectivity index (χ4n) is 2.43. The van der Waals surface area contributed by atoms with Gasteiger partial charge in [0.25, 0.3) is 0 Å². The lowest BCUT2D eigenvalue weighted by Crippen LogP contribution is -2.39. The maximum atomic E-state index is 12.1. The average Bonchev–Trinajstić information content (AvgIpc) is 2.50. The Bertz CT molecular complexity index is 257. The van der Waals surface area contributed by atoms with Crippen LogP contribution in [0, 0.1) is 17.8 Å². The van der Waals surface area contributed by atoms with E-state index in [-0.39, 0.29) is 36.6 Å². The number of carbonyl (C=O) groups excluding carboxylic acids is 1. The molecule has 1 rings (SSSR count). The molecule has 4 nitrogen and oxygen atoms in total. The van der Waals surface area contributed by atoms with E-state index >= 15 is 0 Å². The van der Waals surface area contributed by atoms with E-state index < -0.39 is 0 Å². The fourth-order valence-corrected chi connectivity index (χ4v) is 2.43. The molecule has 0 aromatic rings. The Balaban J connectivity index is 2.42. The molecule has 0 spiro atoms. The molecule has 0 aliphatic carbocycles. The first-order chi connectivity index (χ1) is 7.97. The Morgan fingerprint density at radius 3 is 2.47 bits per heavy atom. The summed E-state index contributed by atoms with van der Waals surface area (Å²) < 4.78 is 5.66. The number of amides is 1. The van der Waals surface area contributed by atoms with E-state index in [4.69, 9.17) is 9.84 Å². The Labute approximate surface area is 104 Å². The van der Waals surface area contributed by atoms with Gasteiger partial charge in [0.1, 0.15) is 0 Å². The normalized spacial score (nSPS) is 34.6. The first-order valence-corrected chi connectivity index (χ1v) is 6.51. The van der Waals surface area contributed by atoms with E-state index in [9.17, 15) is 4.79 Å². The van der Waals surface area contributed by atoms with Crippen molar-refractivity contribution in [2.24, 2.45) is 17.8 Å². The number of carbonyl (C=O) groups is 1. The molecule has 1 amide bonds. The van der Waals surface area contributed by atoms with Gasteiger partial charge < -0.3 is 15.2 Å². The summed E-state index contributed by atoms with van der Waals surface area (Å²) in [7, 11) is 0. The minimum absolute atomic E-state index is 0.00634. The van der Waals surface area contributed by atoms with Crippen LogP contribution in [0.2, 0.25) is 0 Å².